The van der Waals surface area contributed by atoms with Crippen molar-refractivity contribution in [2.45, 2.75) is 49.5 Å². The molecule has 1 aliphatic heterocycles. The number of amides is 1. The highest BCUT2D eigenvalue weighted by atomic mass is 32.2. The molecule has 1 aromatic heterocycles. The lowest BCUT2D eigenvalue weighted by Gasteiger charge is -2.24. The Balaban J connectivity index is 2.02. The Hall–Kier alpha value is -1.70. The number of alkyl halides is 2. The average molecular weight is 358 g/mol. The number of hydrogen-bond donors (Lipinski definition) is 0. The standard InChI is InChI=1S/C16H20F2N2O3S/c1-11(14(21)20-9-4-2-3-5-10-20)23-15(22)12-7-6-8-19-13(12)24-16(17)18/h6-8,11,16H,2-5,9-10H2,1H3. The third kappa shape index (κ3) is 5.15. The van der Waals surface area contributed by atoms with Crippen molar-refractivity contribution in [1.82, 2.24) is 9.88 Å². The van der Waals surface area contributed by atoms with Gasteiger partial charge in [0.2, 0.25) is 0 Å². The van der Waals surface area contributed by atoms with E-state index < -0.39 is 17.8 Å². The number of carbonyl (C=O) groups is 2. The van der Waals surface area contributed by atoms with Crippen molar-refractivity contribution in [1.29, 1.82) is 0 Å². The molecule has 0 bridgehead atoms. The van der Waals surface area contributed by atoms with Gasteiger partial charge in [-0.15, -0.1) is 0 Å². The number of nitrogens with zero attached hydrogens (tertiary/aromatic N) is 2. The van der Waals surface area contributed by atoms with Crippen molar-refractivity contribution >= 4 is 23.6 Å². The van der Waals surface area contributed by atoms with Gasteiger partial charge in [-0.05, 0) is 43.7 Å². The highest BCUT2D eigenvalue weighted by Gasteiger charge is 2.26. The summed E-state index contributed by atoms with van der Waals surface area (Å²) in [6, 6.07) is 2.83. The molecule has 2 rings (SSSR count). The lowest BCUT2D eigenvalue weighted by molar-refractivity contribution is -0.139. The van der Waals surface area contributed by atoms with Gasteiger partial charge >= 0.3 is 5.97 Å². The molecule has 0 radical (unpaired) electrons. The molecule has 1 saturated heterocycles. The summed E-state index contributed by atoms with van der Waals surface area (Å²) in [4.78, 5) is 30.1. The van der Waals surface area contributed by atoms with E-state index in [-0.39, 0.29) is 28.3 Å². The number of thioether (sulfide) groups is 1. The van der Waals surface area contributed by atoms with Crippen molar-refractivity contribution in [2.75, 3.05) is 13.1 Å². The second-order valence-corrected chi connectivity index (χ2v) is 6.50. The van der Waals surface area contributed by atoms with Crippen LogP contribution in [0.5, 0.6) is 0 Å². The molecule has 1 fully saturated rings. The van der Waals surface area contributed by atoms with Crippen molar-refractivity contribution in [3.63, 3.8) is 0 Å². The number of esters is 1. The maximum atomic E-state index is 12.5. The molecule has 1 aromatic rings. The van der Waals surface area contributed by atoms with Crippen LogP contribution in [-0.4, -0.2) is 46.7 Å². The number of ether oxygens (including phenoxy) is 1. The third-order valence-corrected chi connectivity index (χ3v) is 4.47. The van der Waals surface area contributed by atoms with E-state index in [4.69, 9.17) is 4.74 Å². The van der Waals surface area contributed by atoms with Gasteiger partial charge in [0.25, 0.3) is 11.7 Å². The molecule has 132 valence electrons. The zero-order valence-corrected chi connectivity index (χ0v) is 14.2. The molecule has 1 atom stereocenters. The third-order valence-electron chi connectivity index (χ3n) is 3.74. The number of hydrogen-bond acceptors (Lipinski definition) is 5. The van der Waals surface area contributed by atoms with Gasteiger partial charge in [-0.2, -0.15) is 8.78 Å². The quantitative estimate of drug-likeness (QED) is 0.597. The van der Waals surface area contributed by atoms with E-state index in [1.807, 2.05) is 0 Å². The Morgan fingerprint density at radius 1 is 1.25 bits per heavy atom. The Morgan fingerprint density at radius 2 is 1.92 bits per heavy atom. The molecular weight excluding hydrogens is 338 g/mol. The fourth-order valence-corrected chi connectivity index (χ4v) is 3.12. The number of pyridine rings is 1. The molecule has 1 aliphatic rings. The molecule has 2 heterocycles. The van der Waals surface area contributed by atoms with Crippen LogP contribution in [-0.2, 0) is 9.53 Å². The molecular formula is C16H20F2N2O3S. The van der Waals surface area contributed by atoms with Gasteiger partial charge in [-0.25, -0.2) is 9.78 Å². The van der Waals surface area contributed by atoms with Gasteiger partial charge in [0.15, 0.2) is 6.10 Å². The number of rotatable bonds is 5. The van der Waals surface area contributed by atoms with Crippen LogP contribution in [0, 0.1) is 0 Å². The maximum absolute atomic E-state index is 12.5. The molecule has 0 spiro atoms. The summed E-state index contributed by atoms with van der Waals surface area (Å²) in [5.41, 5.74) is -0.0571. The van der Waals surface area contributed by atoms with Gasteiger partial charge in [-0.3, -0.25) is 4.79 Å². The smallest absolute Gasteiger partial charge is 0.341 e. The lowest BCUT2D eigenvalue weighted by Crippen LogP contribution is -2.40. The first kappa shape index (κ1) is 18.6. The zero-order valence-electron chi connectivity index (χ0n) is 13.4. The van der Waals surface area contributed by atoms with Crippen LogP contribution < -0.4 is 0 Å². The van der Waals surface area contributed by atoms with Crippen molar-refractivity contribution in [3.05, 3.63) is 23.9 Å². The molecule has 0 N–H and O–H groups in total. The predicted molar refractivity (Wildman–Crippen MR) is 86.0 cm³/mol. The van der Waals surface area contributed by atoms with Crippen LogP contribution in [0.25, 0.3) is 0 Å². The Morgan fingerprint density at radius 3 is 2.54 bits per heavy atom. The maximum Gasteiger partial charge on any atom is 0.341 e. The highest BCUT2D eigenvalue weighted by Crippen LogP contribution is 2.27. The first-order chi connectivity index (χ1) is 11.5. The van der Waals surface area contributed by atoms with Gasteiger partial charge in [0, 0.05) is 19.3 Å². The van der Waals surface area contributed by atoms with Crippen molar-refractivity contribution < 1.29 is 23.1 Å². The number of carbonyl (C=O) groups excluding carboxylic acids is 2. The SMILES string of the molecule is CC(OC(=O)c1cccnc1SC(F)F)C(=O)N1CCCCCC1. The molecule has 1 amide bonds. The van der Waals surface area contributed by atoms with Crippen LogP contribution in [0.15, 0.2) is 23.4 Å². The summed E-state index contributed by atoms with van der Waals surface area (Å²) in [6.45, 7) is 2.81. The van der Waals surface area contributed by atoms with E-state index in [1.54, 1.807) is 4.90 Å². The van der Waals surface area contributed by atoms with E-state index in [9.17, 15) is 18.4 Å². The summed E-state index contributed by atoms with van der Waals surface area (Å²) in [6.07, 6.45) is 4.41. The minimum Gasteiger partial charge on any atom is -0.449 e. The van der Waals surface area contributed by atoms with Gasteiger partial charge in [0.1, 0.15) is 5.03 Å². The van der Waals surface area contributed by atoms with Crippen LogP contribution in [0.2, 0.25) is 0 Å². The monoisotopic (exact) mass is 358 g/mol. The molecule has 24 heavy (non-hydrogen) atoms. The van der Waals surface area contributed by atoms with Crippen LogP contribution in [0.3, 0.4) is 0 Å². The van der Waals surface area contributed by atoms with Crippen LogP contribution in [0.1, 0.15) is 43.0 Å². The lowest BCUT2D eigenvalue weighted by atomic mass is 10.2. The van der Waals surface area contributed by atoms with Gasteiger partial charge < -0.3 is 9.64 Å². The topological polar surface area (TPSA) is 59.5 Å². The van der Waals surface area contributed by atoms with E-state index in [2.05, 4.69) is 4.98 Å². The largest absolute Gasteiger partial charge is 0.449 e. The second kappa shape index (κ2) is 8.96. The first-order valence-electron chi connectivity index (χ1n) is 7.88. The summed E-state index contributed by atoms with van der Waals surface area (Å²) in [5, 5.41) is -0.105. The fourth-order valence-electron chi connectivity index (χ4n) is 2.55. The number of halogens is 2. The van der Waals surface area contributed by atoms with Crippen molar-refractivity contribution in [3.8, 4) is 0 Å². The second-order valence-electron chi connectivity index (χ2n) is 5.52. The summed E-state index contributed by atoms with van der Waals surface area (Å²) in [5.74, 6) is -3.76. The van der Waals surface area contributed by atoms with E-state index in [0.29, 0.717) is 13.1 Å². The van der Waals surface area contributed by atoms with E-state index in [0.717, 1.165) is 25.7 Å². The number of aromatic nitrogens is 1. The molecule has 5 nitrogen and oxygen atoms in total. The summed E-state index contributed by atoms with van der Waals surface area (Å²) >= 11 is 0.179. The zero-order chi connectivity index (χ0) is 17.5. The normalized spacial score (nSPS) is 16.6. The average Bonchev–Trinajstić information content (AvgIpc) is 2.83. The molecule has 0 aromatic carbocycles. The van der Waals surface area contributed by atoms with Crippen molar-refractivity contribution in [2.24, 2.45) is 0 Å². The summed E-state index contributed by atoms with van der Waals surface area (Å²) < 4.78 is 30.3. The van der Waals surface area contributed by atoms with Crippen LogP contribution in [0.4, 0.5) is 8.78 Å². The molecule has 1 unspecified atom stereocenters. The Kier molecular flexibility index (Phi) is 6.96. The van der Waals surface area contributed by atoms with Crippen LogP contribution >= 0.6 is 11.8 Å². The van der Waals surface area contributed by atoms with E-state index in [1.165, 1.54) is 25.3 Å². The van der Waals surface area contributed by atoms with E-state index >= 15 is 0 Å². The summed E-state index contributed by atoms with van der Waals surface area (Å²) in [7, 11) is 0. The molecule has 0 saturated carbocycles. The fraction of sp³-hybridized carbons (Fsp3) is 0.562. The van der Waals surface area contributed by atoms with Gasteiger partial charge in [0.05, 0.1) is 5.56 Å². The molecule has 8 heteroatoms. The Bertz CT molecular complexity index is 578. The minimum absolute atomic E-state index is 0.0571. The molecule has 0 aliphatic carbocycles. The predicted octanol–water partition coefficient (Wildman–Crippen LogP) is 3.34. The van der Waals surface area contributed by atoms with Gasteiger partial charge in [-0.1, -0.05) is 12.8 Å². The minimum atomic E-state index is -2.69. The highest BCUT2D eigenvalue weighted by molar-refractivity contribution is 7.99. The first-order valence-corrected chi connectivity index (χ1v) is 8.76. The number of likely N-dealkylation sites (tertiary alicyclic amines) is 1. The Labute approximate surface area is 143 Å².